The molecule has 7 heteroatoms. The minimum Gasteiger partial charge on any atom is -0.477 e. The second-order valence-electron chi connectivity index (χ2n) is 10.9. The standard InChI is InChI=1S/C31H29N3O4/c1-17-4-2-3-5-21(17)29-23(30(38-33-29)18-6-7-18)11-10-22-25-14-34(15-26(22)25)20-9-8-19-12-27(31(36)37)32-28(16-35)24(19)13-20/h2-5,8-13,18,22,25-26,35H,6-7,14-16H2,1H3,(H,36,37)/b11-10+. The first-order valence-corrected chi connectivity index (χ1v) is 13.3. The average Bonchev–Trinajstić information content (AvgIpc) is 3.79. The number of nitrogens with zero attached hydrogens (tertiary/aromatic N) is 3. The number of hydrogen-bond acceptors (Lipinski definition) is 6. The Bertz CT molecular complexity index is 1590. The summed E-state index contributed by atoms with van der Waals surface area (Å²) in [7, 11) is 0. The Labute approximate surface area is 220 Å². The molecule has 7 rings (SSSR count). The minimum atomic E-state index is -1.09. The van der Waals surface area contributed by atoms with E-state index < -0.39 is 5.97 Å². The number of fused-ring (bicyclic) bond motifs is 2. The summed E-state index contributed by atoms with van der Waals surface area (Å²) >= 11 is 0. The molecule has 3 aliphatic rings. The maximum Gasteiger partial charge on any atom is 0.354 e. The van der Waals surface area contributed by atoms with Crippen molar-refractivity contribution in [3.8, 4) is 11.3 Å². The number of carbonyl (C=O) groups is 1. The molecule has 1 aliphatic heterocycles. The number of carboxylic acid groups (broad SMARTS) is 1. The van der Waals surface area contributed by atoms with Crippen molar-refractivity contribution in [2.45, 2.75) is 32.3 Å². The van der Waals surface area contributed by atoms with Crippen LogP contribution in [-0.4, -0.2) is 39.4 Å². The van der Waals surface area contributed by atoms with Crippen LogP contribution in [0.1, 0.15) is 51.8 Å². The lowest BCUT2D eigenvalue weighted by Gasteiger charge is -2.22. The Balaban J connectivity index is 1.10. The number of aliphatic hydroxyl groups excluding tert-OH is 1. The summed E-state index contributed by atoms with van der Waals surface area (Å²) in [5.74, 6) is 2.20. The van der Waals surface area contributed by atoms with Crippen molar-refractivity contribution < 1.29 is 19.5 Å². The lowest BCUT2D eigenvalue weighted by Crippen LogP contribution is -2.23. The number of carboxylic acids is 1. The number of anilines is 1. The fraction of sp³-hybridized carbons (Fsp3) is 0.323. The van der Waals surface area contributed by atoms with Gasteiger partial charge in [-0.3, -0.25) is 0 Å². The van der Waals surface area contributed by atoms with Gasteiger partial charge in [-0.1, -0.05) is 47.6 Å². The van der Waals surface area contributed by atoms with Gasteiger partial charge in [0, 0.05) is 41.2 Å². The van der Waals surface area contributed by atoms with E-state index in [1.165, 1.54) is 18.4 Å². The fourth-order valence-corrected chi connectivity index (χ4v) is 6.15. The lowest BCUT2D eigenvalue weighted by atomic mass is 9.99. The Kier molecular flexibility index (Phi) is 5.37. The van der Waals surface area contributed by atoms with Crippen LogP contribution >= 0.6 is 0 Å². The lowest BCUT2D eigenvalue weighted by molar-refractivity contribution is 0.0690. The van der Waals surface area contributed by atoms with Crippen molar-refractivity contribution in [1.82, 2.24) is 10.1 Å². The fourth-order valence-electron chi connectivity index (χ4n) is 6.15. The first-order chi connectivity index (χ1) is 18.5. The molecule has 192 valence electrons. The van der Waals surface area contributed by atoms with Gasteiger partial charge in [-0.25, -0.2) is 9.78 Å². The van der Waals surface area contributed by atoms with E-state index in [4.69, 9.17) is 4.52 Å². The Hall–Kier alpha value is -3.97. The van der Waals surface area contributed by atoms with Crippen molar-refractivity contribution in [3.05, 3.63) is 82.9 Å². The van der Waals surface area contributed by atoms with Gasteiger partial charge in [-0.05, 0) is 66.7 Å². The molecule has 7 nitrogen and oxygen atoms in total. The second-order valence-corrected chi connectivity index (χ2v) is 10.9. The van der Waals surface area contributed by atoms with E-state index in [0.29, 0.717) is 29.4 Å². The summed E-state index contributed by atoms with van der Waals surface area (Å²) in [5.41, 5.74) is 5.86. The SMILES string of the molecule is Cc1ccccc1-c1noc(C2CC2)c1/C=C/C1C2CN(c3ccc4cc(C(=O)O)nc(CO)c4c3)CC12. The monoisotopic (exact) mass is 507 g/mol. The first kappa shape index (κ1) is 23.2. The molecule has 2 N–H and O–H groups in total. The third kappa shape index (κ3) is 3.89. The van der Waals surface area contributed by atoms with E-state index in [1.54, 1.807) is 6.07 Å². The zero-order valence-electron chi connectivity index (χ0n) is 21.2. The number of rotatable bonds is 7. The molecule has 3 fully saturated rings. The molecule has 1 saturated heterocycles. The van der Waals surface area contributed by atoms with E-state index in [1.807, 2.05) is 18.2 Å². The average molecular weight is 508 g/mol. The number of allylic oxidation sites excluding steroid dienone is 1. The van der Waals surface area contributed by atoms with Crippen LogP contribution in [0.5, 0.6) is 0 Å². The number of aliphatic hydroxyl groups is 1. The summed E-state index contributed by atoms with van der Waals surface area (Å²) in [6, 6.07) is 15.9. The number of aryl methyl sites for hydroxylation is 1. The highest BCUT2D eigenvalue weighted by molar-refractivity contribution is 5.94. The number of aromatic carboxylic acids is 1. The van der Waals surface area contributed by atoms with Gasteiger partial charge in [0.05, 0.1) is 12.3 Å². The number of pyridine rings is 1. The second kappa shape index (κ2) is 8.81. The van der Waals surface area contributed by atoms with Gasteiger partial charge < -0.3 is 19.6 Å². The molecule has 4 aromatic rings. The van der Waals surface area contributed by atoms with Crippen LogP contribution in [0.3, 0.4) is 0 Å². The molecule has 2 saturated carbocycles. The van der Waals surface area contributed by atoms with Crippen molar-refractivity contribution in [3.63, 3.8) is 0 Å². The van der Waals surface area contributed by atoms with Crippen molar-refractivity contribution in [1.29, 1.82) is 0 Å². The molecular weight excluding hydrogens is 478 g/mol. The topological polar surface area (TPSA) is 99.7 Å². The highest BCUT2D eigenvalue weighted by Crippen LogP contribution is 2.54. The van der Waals surface area contributed by atoms with Crippen LogP contribution in [0, 0.1) is 24.7 Å². The molecule has 0 spiro atoms. The number of piperidine rings is 1. The summed E-state index contributed by atoms with van der Waals surface area (Å²) < 4.78 is 5.86. The van der Waals surface area contributed by atoms with Gasteiger partial charge in [-0.15, -0.1) is 0 Å². The van der Waals surface area contributed by atoms with E-state index >= 15 is 0 Å². The van der Waals surface area contributed by atoms with Gasteiger partial charge in [0.15, 0.2) is 0 Å². The van der Waals surface area contributed by atoms with E-state index in [0.717, 1.165) is 52.1 Å². The Morgan fingerprint density at radius 1 is 1.13 bits per heavy atom. The largest absolute Gasteiger partial charge is 0.477 e. The molecule has 0 radical (unpaired) electrons. The van der Waals surface area contributed by atoms with Crippen molar-refractivity contribution >= 4 is 28.5 Å². The maximum absolute atomic E-state index is 11.4. The molecule has 2 aliphatic carbocycles. The summed E-state index contributed by atoms with van der Waals surface area (Å²) in [6.45, 7) is 3.77. The molecule has 2 unspecified atom stereocenters. The van der Waals surface area contributed by atoms with Crippen LogP contribution in [0.15, 0.2) is 59.1 Å². The molecule has 2 aromatic carbocycles. The highest BCUT2D eigenvalue weighted by Gasteiger charge is 2.54. The van der Waals surface area contributed by atoms with Gasteiger partial charge in [-0.2, -0.15) is 0 Å². The van der Waals surface area contributed by atoms with E-state index in [9.17, 15) is 15.0 Å². The summed E-state index contributed by atoms with van der Waals surface area (Å²) in [5, 5.41) is 25.2. The summed E-state index contributed by atoms with van der Waals surface area (Å²) in [4.78, 5) is 17.9. The smallest absolute Gasteiger partial charge is 0.354 e. The summed E-state index contributed by atoms with van der Waals surface area (Å²) in [6.07, 6.45) is 6.97. The van der Waals surface area contributed by atoms with Gasteiger partial charge in [0.25, 0.3) is 0 Å². The number of hydrogen-bond donors (Lipinski definition) is 2. The highest BCUT2D eigenvalue weighted by atomic mass is 16.5. The molecule has 3 heterocycles. The third-order valence-corrected chi connectivity index (χ3v) is 8.48. The predicted octanol–water partition coefficient (Wildman–Crippen LogP) is 5.66. The molecule has 0 bridgehead atoms. The van der Waals surface area contributed by atoms with Crippen molar-refractivity contribution in [2.75, 3.05) is 18.0 Å². The predicted molar refractivity (Wildman–Crippen MR) is 145 cm³/mol. The number of benzene rings is 2. The van der Waals surface area contributed by atoms with E-state index in [2.05, 4.69) is 58.4 Å². The van der Waals surface area contributed by atoms with Gasteiger partial charge >= 0.3 is 5.97 Å². The van der Waals surface area contributed by atoms with Crippen LogP contribution in [0.2, 0.25) is 0 Å². The normalized spacial score (nSPS) is 22.4. The zero-order chi connectivity index (χ0) is 26.0. The first-order valence-electron chi connectivity index (χ1n) is 13.3. The molecule has 2 atom stereocenters. The molecule has 0 amide bonds. The van der Waals surface area contributed by atoms with Crippen LogP contribution < -0.4 is 4.90 Å². The maximum atomic E-state index is 11.4. The molecule has 38 heavy (non-hydrogen) atoms. The number of aromatic nitrogens is 2. The quantitative estimate of drug-likeness (QED) is 0.333. The van der Waals surface area contributed by atoms with E-state index in [-0.39, 0.29) is 12.3 Å². The van der Waals surface area contributed by atoms with Crippen LogP contribution in [0.25, 0.3) is 28.1 Å². The van der Waals surface area contributed by atoms with Gasteiger partial charge in [0.2, 0.25) is 0 Å². The zero-order valence-corrected chi connectivity index (χ0v) is 21.2. The third-order valence-electron chi connectivity index (χ3n) is 8.48. The minimum absolute atomic E-state index is 0.0467. The van der Waals surface area contributed by atoms with Crippen LogP contribution in [0.4, 0.5) is 5.69 Å². The van der Waals surface area contributed by atoms with Crippen molar-refractivity contribution in [2.24, 2.45) is 17.8 Å². The van der Waals surface area contributed by atoms with Gasteiger partial charge in [0.1, 0.15) is 17.1 Å². The molecular formula is C31H29N3O4. The van der Waals surface area contributed by atoms with Crippen LogP contribution in [-0.2, 0) is 6.61 Å². The molecule has 2 aromatic heterocycles. The Morgan fingerprint density at radius 3 is 2.63 bits per heavy atom. The Morgan fingerprint density at radius 2 is 1.92 bits per heavy atom.